The number of thiophene rings is 1. The van der Waals surface area contributed by atoms with Crippen molar-refractivity contribution < 1.29 is 4.42 Å². The number of furan rings is 1. The number of anilines is 3. The Morgan fingerprint density at radius 1 is 0.387 bits per heavy atom. The molecular formula is C58H36N2OS. The number of fused-ring (bicyclic) bond motifs is 11. The average molecular weight is 809 g/mol. The van der Waals surface area contributed by atoms with Crippen LogP contribution in [0.15, 0.2) is 223 Å². The molecule has 0 aliphatic carbocycles. The van der Waals surface area contributed by atoms with Crippen LogP contribution in [0.5, 0.6) is 0 Å². The van der Waals surface area contributed by atoms with E-state index in [-0.39, 0.29) is 0 Å². The summed E-state index contributed by atoms with van der Waals surface area (Å²) in [6, 6.07) is 79.2. The van der Waals surface area contributed by atoms with Crippen LogP contribution in [0.2, 0.25) is 0 Å². The first kappa shape index (κ1) is 34.9. The van der Waals surface area contributed by atoms with Crippen molar-refractivity contribution in [2.45, 2.75) is 0 Å². The number of benzene rings is 10. The van der Waals surface area contributed by atoms with Crippen molar-refractivity contribution in [1.82, 2.24) is 4.57 Å². The summed E-state index contributed by atoms with van der Waals surface area (Å²) in [6.45, 7) is 0. The molecule has 3 nitrogen and oxygen atoms in total. The predicted molar refractivity (Wildman–Crippen MR) is 264 cm³/mol. The number of para-hydroxylation sites is 2. The van der Waals surface area contributed by atoms with E-state index in [9.17, 15) is 0 Å². The zero-order chi connectivity index (χ0) is 40.7. The molecule has 0 saturated carbocycles. The van der Waals surface area contributed by atoms with Crippen LogP contribution >= 0.6 is 11.3 Å². The van der Waals surface area contributed by atoms with Crippen LogP contribution in [0.1, 0.15) is 0 Å². The molecule has 62 heavy (non-hydrogen) atoms. The molecule has 3 heterocycles. The van der Waals surface area contributed by atoms with Gasteiger partial charge in [-0.15, -0.1) is 11.3 Å². The van der Waals surface area contributed by atoms with E-state index in [1.54, 1.807) is 0 Å². The van der Waals surface area contributed by atoms with Gasteiger partial charge in [0, 0.05) is 69.9 Å². The van der Waals surface area contributed by atoms with Gasteiger partial charge in [-0.3, -0.25) is 0 Å². The fraction of sp³-hybridized carbons (Fsp3) is 0. The highest BCUT2D eigenvalue weighted by Gasteiger charge is 2.19. The number of rotatable bonds is 6. The van der Waals surface area contributed by atoms with Crippen LogP contribution in [0.4, 0.5) is 17.1 Å². The summed E-state index contributed by atoms with van der Waals surface area (Å²) in [4.78, 5) is 2.37. The van der Waals surface area contributed by atoms with Crippen molar-refractivity contribution in [3.63, 3.8) is 0 Å². The predicted octanol–water partition coefficient (Wildman–Crippen LogP) is 17.0. The van der Waals surface area contributed by atoms with E-state index in [1.807, 2.05) is 11.3 Å². The summed E-state index contributed by atoms with van der Waals surface area (Å²) in [5.74, 6) is 0. The lowest BCUT2D eigenvalue weighted by Gasteiger charge is -2.26. The molecule has 4 heteroatoms. The van der Waals surface area contributed by atoms with Crippen LogP contribution in [0.25, 0.3) is 103 Å². The van der Waals surface area contributed by atoms with Gasteiger partial charge in [0.2, 0.25) is 0 Å². The molecule has 13 aromatic rings. The zero-order valence-electron chi connectivity index (χ0n) is 33.5. The molecule has 0 unspecified atom stereocenters. The molecule has 0 spiro atoms. The van der Waals surface area contributed by atoms with Crippen molar-refractivity contribution in [2.24, 2.45) is 0 Å². The Bertz CT molecular complexity index is 3820. The topological polar surface area (TPSA) is 21.3 Å². The lowest BCUT2D eigenvalue weighted by atomic mass is 9.97. The van der Waals surface area contributed by atoms with Crippen LogP contribution in [-0.2, 0) is 0 Å². The summed E-state index contributed by atoms with van der Waals surface area (Å²) in [5, 5.41) is 9.71. The van der Waals surface area contributed by atoms with Crippen molar-refractivity contribution in [2.75, 3.05) is 4.90 Å². The van der Waals surface area contributed by atoms with Gasteiger partial charge in [-0.05, 0) is 113 Å². The monoisotopic (exact) mass is 808 g/mol. The van der Waals surface area contributed by atoms with Crippen molar-refractivity contribution in [3.8, 4) is 27.9 Å². The molecular weight excluding hydrogens is 773 g/mol. The van der Waals surface area contributed by atoms with Gasteiger partial charge in [0.15, 0.2) is 0 Å². The Hall–Kier alpha value is -7.92. The van der Waals surface area contributed by atoms with Crippen molar-refractivity contribution >= 4 is 103 Å². The first-order valence-corrected chi connectivity index (χ1v) is 21.9. The number of hydrogen-bond donors (Lipinski definition) is 0. The quantitative estimate of drug-likeness (QED) is 0.167. The van der Waals surface area contributed by atoms with E-state index >= 15 is 0 Å². The fourth-order valence-electron chi connectivity index (χ4n) is 9.71. The summed E-state index contributed by atoms with van der Waals surface area (Å²) in [7, 11) is 0. The Labute approximate surface area is 361 Å². The smallest absolute Gasteiger partial charge is 0.143 e. The molecule has 0 aliphatic heterocycles. The maximum absolute atomic E-state index is 6.61. The van der Waals surface area contributed by atoms with Crippen LogP contribution < -0.4 is 4.90 Å². The molecule has 0 atom stereocenters. The Balaban J connectivity index is 0.947. The fourth-order valence-corrected chi connectivity index (χ4v) is 10.9. The van der Waals surface area contributed by atoms with Crippen LogP contribution in [0, 0.1) is 0 Å². The van der Waals surface area contributed by atoms with E-state index in [1.165, 1.54) is 58.5 Å². The van der Waals surface area contributed by atoms with Crippen molar-refractivity contribution in [3.05, 3.63) is 218 Å². The second-order valence-corrected chi connectivity index (χ2v) is 17.2. The maximum Gasteiger partial charge on any atom is 0.143 e. The molecule has 3 aromatic heterocycles. The minimum atomic E-state index is 0.890. The number of aromatic nitrogens is 1. The third kappa shape index (κ3) is 5.44. The van der Waals surface area contributed by atoms with Gasteiger partial charge >= 0.3 is 0 Å². The van der Waals surface area contributed by atoms with Crippen molar-refractivity contribution in [1.29, 1.82) is 0 Å². The second kappa shape index (κ2) is 13.8. The Morgan fingerprint density at radius 2 is 1.02 bits per heavy atom. The SMILES string of the molecule is c1cc(-c2cccc3oc4c5ccccc5ccc4c23)cc(N(c2ccc(-c3ccc4c(c3)sc3ccccc34)cc2)c2ccc(-n3c4ccccc4c4ccccc43)cc2)c1. The summed E-state index contributed by atoms with van der Waals surface area (Å²) < 4.78 is 11.6. The molecule has 0 fully saturated rings. The highest BCUT2D eigenvalue weighted by Crippen LogP contribution is 2.43. The van der Waals surface area contributed by atoms with E-state index in [0.717, 1.165) is 61.2 Å². The second-order valence-electron chi connectivity index (χ2n) is 16.1. The van der Waals surface area contributed by atoms with Gasteiger partial charge in [-0.1, -0.05) is 133 Å². The van der Waals surface area contributed by atoms with E-state index < -0.39 is 0 Å². The van der Waals surface area contributed by atoms with Gasteiger partial charge in [-0.2, -0.15) is 0 Å². The third-order valence-electron chi connectivity index (χ3n) is 12.6. The highest BCUT2D eigenvalue weighted by atomic mass is 32.1. The summed E-state index contributed by atoms with van der Waals surface area (Å²) >= 11 is 1.86. The summed E-state index contributed by atoms with van der Waals surface area (Å²) in [6.07, 6.45) is 0. The molecule has 10 aromatic carbocycles. The van der Waals surface area contributed by atoms with Gasteiger partial charge in [0.05, 0.1) is 11.0 Å². The van der Waals surface area contributed by atoms with E-state index in [4.69, 9.17) is 4.42 Å². The normalized spacial score (nSPS) is 11.9. The Morgan fingerprint density at radius 3 is 1.81 bits per heavy atom. The molecule has 0 saturated heterocycles. The minimum Gasteiger partial charge on any atom is -0.455 e. The average Bonchev–Trinajstić information content (AvgIpc) is 4.02. The zero-order valence-corrected chi connectivity index (χ0v) is 34.3. The first-order valence-electron chi connectivity index (χ1n) is 21.1. The lowest BCUT2D eigenvalue weighted by Crippen LogP contribution is -2.10. The molecule has 290 valence electrons. The number of nitrogens with zero attached hydrogens (tertiary/aromatic N) is 2. The highest BCUT2D eigenvalue weighted by molar-refractivity contribution is 7.25. The summed E-state index contributed by atoms with van der Waals surface area (Å²) in [5.41, 5.74) is 13.2. The number of hydrogen-bond acceptors (Lipinski definition) is 3. The first-order chi connectivity index (χ1) is 30.7. The van der Waals surface area contributed by atoms with E-state index in [2.05, 4.69) is 228 Å². The van der Waals surface area contributed by atoms with Gasteiger partial charge < -0.3 is 13.9 Å². The lowest BCUT2D eigenvalue weighted by molar-refractivity contribution is 0.673. The Kier molecular flexibility index (Phi) is 7.78. The van der Waals surface area contributed by atoms with E-state index in [0.29, 0.717) is 0 Å². The molecule has 13 rings (SSSR count). The maximum atomic E-state index is 6.61. The van der Waals surface area contributed by atoms with Gasteiger partial charge in [0.25, 0.3) is 0 Å². The molecule has 0 radical (unpaired) electrons. The standard InChI is InChI=1S/C58H36N2OS/c1-2-14-46-38(11-1)25-34-51-57-45(18-10-21-54(57)61-58(46)51)40-12-9-13-44(35-40)59(41-27-23-37(24-28-41)39-26-33-50-49-17-5-8-22-55(49)62-56(50)36-39)42-29-31-43(32-30-42)60-52-19-6-3-15-47(52)48-16-4-7-20-53(48)60/h1-36H. The van der Waals surface area contributed by atoms with Crippen LogP contribution in [-0.4, -0.2) is 4.57 Å². The molecule has 0 amide bonds. The van der Waals surface area contributed by atoms with Crippen LogP contribution in [0.3, 0.4) is 0 Å². The molecule has 0 N–H and O–H groups in total. The van der Waals surface area contributed by atoms with Gasteiger partial charge in [-0.25, -0.2) is 0 Å². The van der Waals surface area contributed by atoms with Gasteiger partial charge in [0.1, 0.15) is 11.2 Å². The minimum absolute atomic E-state index is 0.890. The third-order valence-corrected chi connectivity index (χ3v) is 13.7. The molecule has 0 aliphatic rings. The molecule has 0 bridgehead atoms. The largest absolute Gasteiger partial charge is 0.455 e.